The summed E-state index contributed by atoms with van der Waals surface area (Å²) in [4.78, 5) is 28.7. The molecule has 8 nitrogen and oxygen atoms in total. The molecule has 4 rings (SSSR count). The molecule has 3 N–H and O–H groups in total. The van der Waals surface area contributed by atoms with Gasteiger partial charge in [-0.25, -0.2) is 10.2 Å². The molecule has 1 aliphatic carbocycles. The number of nitrogens with zero attached hydrogens (tertiary/aromatic N) is 2. The molecule has 0 radical (unpaired) electrons. The lowest BCUT2D eigenvalue weighted by Crippen LogP contribution is -2.27. The van der Waals surface area contributed by atoms with Gasteiger partial charge in [0, 0.05) is 18.8 Å². The van der Waals surface area contributed by atoms with E-state index in [0.717, 1.165) is 35.5 Å². The quantitative estimate of drug-likeness (QED) is 0.470. The van der Waals surface area contributed by atoms with Gasteiger partial charge in [-0.1, -0.05) is 12.1 Å². The minimum absolute atomic E-state index is 0.0928. The number of rotatable bonds is 8. The highest BCUT2D eigenvalue weighted by atomic mass is 16.5. The molecule has 2 aliphatic rings. The van der Waals surface area contributed by atoms with Gasteiger partial charge in [0.1, 0.15) is 12.3 Å². The first-order valence-electron chi connectivity index (χ1n) is 9.94. The van der Waals surface area contributed by atoms with Crippen LogP contribution in [0.2, 0.25) is 0 Å². The predicted molar refractivity (Wildman–Crippen MR) is 108 cm³/mol. The number of pyridine rings is 1. The van der Waals surface area contributed by atoms with Crippen LogP contribution in [0.3, 0.4) is 0 Å². The van der Waals surface area contributed by atoms with Gasteiger partial charge in [-0.2, -0.15) is 0 Å². The van der Waals surface area contributed by atoms with E-state index in [1.807, 2.05) is 36.4 Å². The van der Waals surface area contributed by atoms with Crippen molar-refractivity contribution < 1.29 is 14.3 Å². The summed E-state index contributed by atoms with van der Waals surface area (Å²) in [5, 5.41) is 2.27. The van der Waals surface area contributed by atoms with Crippen molar-refractivity contribution in [2.75, 3.05) is 12.0 Å². The van der Waals surface area contributed by atoms with E-state index in [1.54, 1.807) is 6.20 Å². The number of carbonyl (C=O) groups excluding carboxylic acids is 2. The maximum atomic E-state index is 11.6. The molecule has 8 heteroatoms. The van der Waals surface area contributed by atoms with Crippen LogP contribution in [-0.2, 0) is 17.9 Å². The van der Waals surface area contributed by atoms with Crippen LogP contribution in [-0.4, -0.2) is 34.5 Å². The summed E-state index contributed by atoms with van der Waals surface area (Å²) in [7, 11) is 0. The van der Waals surface area contributed by atoms with Crippen molar-refractivity contribution in [1.82, 2.24) is 20.6 Å². The molecule has 1 saturated carbocycles. The molecule has 2 heterocycles. The Morgan fingerprint density at radius 1 is 1.17 bits per heavy atom. The van der Waals surface area contributed by atoms with Gasteiger partial charge in [-0.3, -0.25) is 15.1 Å². The number of carbonyl (C=O) groups is 2. The normalized spacial score (nSPS) is 16.9. The zero-order valence-corrected chi connectivity index (χ0v) is 16.2. The van der Waals surface area contributed by atoms with E-state index < -0.39 is 0 Å². The predicted octanol–water partition coefficient (Wildman–Crippen LogP) is 2.57. The van der Waals surface area contributed by atoms with Gasteiger partial charge >= 0.3 is 6.03 Å². The Labute approximate surface area is 169 Å². The van der Waals surface area contributed by atoms with Crippen molar-refractivity contribution in [3.05, 3.63) is 53.9 Å². The van der Waals surface area contributed by atoms with E-state index in [1.165, 1.54) is 17.7 Å². The summed E-state index contributed by atoms with van der Waals surface area (Å²) in [5.41, 5.74) is 9.00. The van der Waals surface area contributed by atoms with Gasteiger partial charge in [0.2, 0.25) is 5.91 Å². The number of hydrogen-bond donors (Lipinski definition) is 3. The first-order chi connectivity index (χ1) is 14.2. The summed E-state index contributed by atoms with van der Waals surface area (Å²) in [6.45, 7) is 0.997. The molecule has 3 amide bonds. The largest absolute Gasteiger partial charge is 0.490 e. The number of hydrogen-bond acceptors (Lipinski definition) is 6. The summed E-state index contributed by atoms with van der Waals surface area (Å²) < 4.78 is 6.03. The second-order valence-corrected chi connectivity index (χ2v) is 7.40. The average Bonchev–Trinajstić information content (AvgIpc) is 3.33. The Morgan fingerprint density at radius 3 is 2.76 bits per heavy atom. The number of anilines is 1. The van der Waals surface area contributed by atoms with Gasteiger partial charge in [-0.15, -0.1) is 0 Å². The van der Waals surface area contributed by atoms with Crippen molar-refractivity contribution in [2.24, 2.45) is 0 Å². The molecule has 29 heavy (non-hydrogen) atoms. The second kappa shape index (κ2) is 8.91. The number of amides is 3. The van der Waals surface area contributed by atoms with Crippen LogP contribution in [0.4, 0.5) is 10.5 Å². The van der Waals surface area contributed by atoms with Crippen molar-refractivity contribution in [3.63, 3.8) is 0 Å². The van der Waals surface area contributed by atoms with Gasteiger partial charge in [0.25, 0.3) is 0 Å². The summed E-state index contributed by atoms with van der Waals surface area (Å²) in [6, 6.07) is 11.4. The number of benzene rings is 1. The summed E-state index contributed by atoms with van der Waals surface area (Å²) in [6.07, 6.45) is 6.83. The smallest absolute Gasteiger partial charge is 0.324 e. The van der Waals surface area contributed by atoms with Crippen LogP contribution in [0.15, 0.2) is 42.6 Å². The van der Waals surface area contributed by atoms with Crippen molar-refractivity contribution in [3.8, 4) is 5.75 Å². The Balaban J connectivity index is 1.24. The zero-order valence-electron chi connectivity index (χ0n) is 16.2. The molecule has 2 fully saturated rings. The van der Waals surface area contributed by atoms with E-state index in [0.29, 0.717) is 19.2 Å². The maximum Gasteiger partial charge on any atom is 0.324 e. The topological polar surface area (TPSA) is 95.6 Å². The Kier molecular flexibility index (Phi) is 5.90. The molecule has 1 aromatic heterocycles. The summed E-state index contributed by atoms with van der Waals surface area (Å²) in [5.74, 6) is 0.614. The van der Waals surface area contributed by atoms with E-state index in [4.69, 9.17) is 4.74 Å². The van der Waals surface area contributed by atoms with E-state index in [9.17, 15) is 9.59 Å². The molecule has 2 aromatic rings. The van der Waals surface area contributed by atoms with Crippen LogP contribution in [0.25, 0.3) is 0 Å². The third kappa shape index (κ3) is 5.23. The van der Waals surface area contributed by atoms with Gasteiger partial charge in [-0.05, 0) is 49.4 Å². The van der Waals surface area contributed by atoms with E-state index in [2.05, 4.69) is 21.2 Å². The monoisotopic (exact) mass is 395 g/mol. The third-order valence-electron chi connectivity index (χ3n) is 5.07. The molecule has 1 aliphatic heterocycles. The average molecular weight is 395 g/mol. The number of imide groups is 1. The molecular formula is C21H25N5O3. The highest BCUT2D eigenvalue weighted by Crippen LogP contribution is 2.25. The standard InChI is InChI=1S/C21H25N5O3/c27-20-14-26(21(28)24-20)13-15-8-9-17(22-11-15)12-23-25-16-4-3-7-19(10-16)29-18-5-1-2-6-18/h3-4,7-11,18,23,25H,1-2,5-6,12-14H2,(H,24,27,28). The van der Waals surface area contributed by atoms with Crippen molar-refractivity contribution in [2.45, 2.75) is 44.9 Å². The minimum atomic E-state index is -0.357. The molecule has 0 unspecified atom stereocenters. The number of ether oxygens (including phenoxy) is 1. The zero-order chi connectivity index (χ0) is 20.1. The number of aromatic nitrogens is 1. The Bertz CT molecular complexity index is 865. The van der Waals surface area contributed by atoms with Gasteiger partial charge in [0.15, 0.2) is 0 Å². The van der Waals surface area contributed by atoms with Crippen LogP contribution < -0.4 is 20.9 Å². The Hall–Kier alpha value is -3.13. The molecule has 0 bridgehead atoms. The maximum absolute atomic E-state index is 11.6. The van der Waals surface area contributed by atoms with Crippen molar-refractivity contribution >= 4 is 17.6 Å². The van der Waals surface area contributed by atoms with Crippen molar-refractivity contribution in [1.29, 1.82) is 0 Å². The number of urea groups is 1. The minimum Gasteiger partial charge on any atom is -0.490 e. The third-order valence-corrected chi connectivity index (χ3v) is 5.07. The van der Waals surface area contributed by atoms with Crippen LogP contribution in [0.1, 0.15) is 36.9 Å². The van der Waals surface area contributed by atoms with Crippen LogP contribution in [0.5, 0.6) is 5.75 Å². The number of hydrazine groups is 1. The lowest BCUT2D eigenvalue weighted by atomic mass is 10.2. The molecular weight excluding hydrogens is 370 g/mol. The van der Waals surface area contributed by atoms with Gasteiger partial charge < -0.3 is 15.1 Å². The van der Waals surface area contributed by atoms with E-state index in [-0.39, 0.29) is 18.5 Å². The fraction of sp³-hybridized carbons (Fsp3) is 0.381. The molecule has 1 saturated heterocycles. The summed E-state index contributed by atoms with van der Waals surface area (Å²) >= 11 is 0. The first kappa shape index (κ1) is 19.2. The molecule has 1 aromatic carbocycles. The fourth-order valence-corrected chi connectivity index (χ4v) is 3.57. The van der Waals surface area contributed by atoms with Crippen LogP contribution >= 0.6 is 0 Å². The fourth-order valence-electron chi connectivity index (χ4n) is 3.57. The lowest BCUT2D eigenvalue weighted by Gasteiger charge is -2.15. The second-order valence-electron chi connectivity index (χ2n) is 7.40. The highest BCUT2D eigenvalue weighted by molar-refractivity contribution is 6.01. The molecule has 0 spiro atoms. The van der Waals surface area contributed by atoms with Gasteiger partial charge in [0.05, 0.1) is 24.0 Å². The van der Waals surface area contributed by atoms with E-state index >= 15 is 0 Å². The Morgan fingerprint density at radius 2 is 2.03 bits per heavy atom. The van der Waals surface area contributed by atoms with Crippen LogP contribution in [0, 0.1) is 0 Å². The first-order valence-corrected chi connectivity index (χ1v) is 9.94. The lowest BCUT2D eigenvalue weighted by molar-refractivity contribution is -0.118. The number of nitrogens with one attached hydrogen (secondary N) is 3. The molecule has 0 atom stereocenters. The molecule has 152 valence electrons. The highest BCUT2D eigenvalue weighted by Gasteiger charge is 2.26. The SMILES string of the molecule is O=C1CN(Cc2ccc(CNNc3cccc(OC4CCCC4)c3)nc2)C(=O)N1.